The third-order valence-corrected chi connectivity index (χ3v) is 6.36. The van der Waals surface area contributed by atoms with Gasteiger partial charge in [-0.05, 0) is 44.0 Å². The van der Waals surface area contributed by atoms with Crippen LogP contribution in [0.2, 0.25) is 0 Å². The van der Waals surface area contributed by atoms with Gasteiger partial charge >= 0.3 is 0 Å². The van der Waals surface area contributed by atoms with Crippen molar-refractivity contribution in [1.29, 1.82) is 0 Å². The van der Waals surface area contributed by atoms with Gasteiger partial charge in [0.15, 0.2) is 0 Å². The third kappa shape index (κ3) is 4.75. The van der Waals surface area contributed by atoms with Crippen LogP contribution < -0.4 is 21.3 Å². The minimum absolute atomic E-state index is 0.113. The minimum atomic E-state index is -0.466. The van der Waals surface area contributed by atoms with Crippen LogP contribution in [0.15, 0.2) is 66.9 Å². The molecule has 3 heterocycles. The fraction of sp³-hybridized carbons (Fsp3) is 0.320. The quantitative estimate of drug-likeness (QED) is 0.466. The van der Waals surface area contributed by atoms with Gasteiger partial charge in [0.25, 0.3) is 5.91 Å². The fourth-order valence-electron chi connectivity index (χ4n) is 4.41. The Hall–Kier alpha value is -3.65. The van der Waals surface area contributed by atoms with Gasteiger partial charge in [-0.3, -0.25) is 14.5 Å². The first-order valence-corrected chi connectivity index (χ1v) is 11.2. The molecule has 2 aliphatic heterocycles. The average molecular weight is 447 g/mol. The largest absolute Gasteiger partial charge is 0.397 e. The van der Waals surface area contributed by atoms with E-state index in [4.69, 9.17) is 5.73 Å². The number of anilines is 3. The highest BCUT2D eigenvalue weighted by atomic mass is 16.2. The lowest BCUT2D eigenvalue weighted by Crippen LogP contribution is -2.56. The second kappa shape index (κ2) is 9.87. The van der Waals surface area contributed by atoms with Gasteiger partial charge in [-0.25, -0.2) is 4.98 Å². The minimum Gasteiger partial charge on any atom is -0.397 e. The normalized spacial score (nSPS) is 18.3. The number of pyridine rings is 1. The molecule has 8 nitrogen and oxygen atoms in total. The van der Waals surface area contributed by atoms with Crippen LogP contribution >= 0.6 is 0 Å². The number of rotatable bonds is 6. The first kappa shape index (κ1) is 22.5. The molecule has 172 valence electrons. The lowest BCUT2D eigenvalue weighted by atomic mass is 9.86. The Bertz CT molecular complexity index is 1050. The maximum Gasteiger partial charge on any atom is 0.257 e. The lowest BCUT2D eigenvalue weighted by molar-refractivity contribution is -0.127. The number of carbonyl (C=O) groups is 2. The maximum atomic E-state index is 12.7. The predicted molar refractivity (Wildman–Crippen MR) is 131 cm³/mol. The van der Waals surface area contributed by atoms with Crippen LogP contribution in [0.4, 0.5) is 17.2 Å². The van der Waals surface area contributed by atoms with Crippen molar-refractivity contribution in [2.45, 2.75) is 25.3 Å². The summed E-state index contributed by atoms with van der Waals surface area (Å²) in [6.07, 6.45) is 11.1. The van der Waals surface area contributed by atoms with Crippen LogP contribution in [0, 0.1) is 0 Å². The van der Waals surface area contributed by atoms with Crippen molar-refractivity contribution < 1.29 is 9.59 Å². The first-order valence-electron chi connectivity index (χ1n) is 11.2. The Balaban J connectivity index is 1.38. The maximum absolute atomic E-state index is 12.7. The number of allylic oxidation sites excluding steroid dienone is 3. The number of hydrogen-bond acceptors (Lipinski definition) is 6. The van der Waals surface area contributed by atoms with E-state index in [1.807, 2.05) is 43.4 Å². The van der Waals surface area contributed by atoms with Crippen molar-refractivity contribution in [3.63, 3.8) is 0 Å². The number of nitrogens with zero attached hydrogens (tertiary/aromatic N) is 3. The predicted octanol–water partition coefficient (Wildman–Crippen LogP) is 2.78. The Kier molecular flexibility index (Phi) is 6.74. The van der Waals surface area contributed by atoms with Gasteiger partial charge in [0.2, 0.25) is 5.91 Å². The SMILES string of the molecule is C/C=C\C=C/CN1CNC(=O)C12CCN(c1ccc(C(=O)Nc3ccccc3N)cn1)CC2. The van der Waals surface area contributed by atoms with Crippen LogP contribution in [-0.4, -0.2) is 53.5 Å². The van der Waals surface area contributed by atoms with E-state index in [1.165, 1.54) is 0 Å². The van der Waals surface area contributed by atoms with Gasteiger partial charge < -0.3 is 21.3 Å². The second-order valence-electron chi connectivity index (χ2n) is 8.31. The van der Waals surface area contributed by atoms with Crippen molar-refractivity contribution in [3.8, 4) is 0 Å². The Morgan fingerprint density at radius 1 is 1.21 bits per heavy atom. The van der Waals surface area contributed by atoms with Gasteiger partial charge in [0, 0.05) is 25.8 Å². The summed E-state index contributed by atoms with van der Waals surface area (Å²) in [6.45, 7) is 4.74. The fourth-order valence-corrected chi connectivity index (χ4v) is 4.41. The Labute approximate surface area is 194 Å². The topological polar surface area (TPSA) is 104 Å². The highest BCUT2D eigenvalue weighted by Crippen LogP contribution is 2.33. The molecule has 1 aromatic heterocycles. The van der Waals surface area contributed by atoms with E-state index in [1.54, 1.807) is 24.4 Å². The number of nitrogens with one attached hydrogen (secondary N) is 2. The average Bonchev–Trinajstić information content (AvgIpc) is 3.13. The van der Waals surface area contributed by atoms with E-state index >= 15 is 0 Å². The van der Waals surface area contributed by atoms with Crippen molar-refractivity contribution in [2.75, 3.05) is 42.3 Å². The zero-order chi connectivity index (χ0) is 23.3. The van der Waals surface area contributed by atoms with Gasteiger partial charge in [0.1, 0.15) is 11.4 Å². The molecule has 4 N–H and O–H groups in total. The van der Waals surface area contributed by atoms with Crippen LogP contribution in [-0.2, 0) is 4.79 Å². The van der Waals surface area contributed by atoms with E-state index in [0.29, 0.717) is 23.6 Å². The summed E-state index contributed by atoms with van der Waals surface area (Å²) in [5, 5.41) is 5.83. The molecule has 1 spiro atoms. The molecule has 0 aliphatic carbocycles. The monoisotopic (exact) mass is 446 g/mol. The molecule has 1 aromatic carbocycles. The first-order chi connectivity index (χ1) is 16.0. The van der Waals surface area contributed by atoms with E-state index in [2.05, 4.69) is 31.5 Å². The Morgan fingerprint density at radius 2 is 2.00 bits per heavy atom. The molecular weight excluding hydrogens is 416 g/mol. The molecule has 0 unspecified atom stereocenters. The summed E-state index contributed by atoms with van der Waals surface area (Å²) in [4.78, 5) is 34.2. The molecule has 2 aliphatic rings. The number of benzene rings is 1. The molecule has 2 saturated heterocycles. The molecule has 2 amide bonds. The molecule has 2 aromatic rings. The van der Waals surface area contributed by atoms with Gasteiger partial charge in [-0.1, -0.05) is 36.4 Å². The zero-order valence-electron chi connectivity index (χ0n) is 18.8. The third-order valence-electron chi connectivity index (χ3n) is 6.36. The second-order valence-corrected chi connectivity index (χ2v) is 8.31. The summed E-state index contributed by atoms with van der Waals surface area (Å²) in [7, 11) is 0. The van der Waals surface area contributed by atoms with Crippen molar-refractivity contribution in [1.82, 2.24) is 15.2 Å². The summed E-state index contributed by atoms with van der Waals surface area (Å²) < 4.78 is 0. The van der Waals surface area contributed by atoms with Gasteiger partial charge in [-0.15, -0.1) is 0 Å². The Morgan fingerprint density at radius 3 is 2.70 bits per heavy atom. The number of amides is 2. The van der Waals surface area contributed by atoms with Crippen LogP contribution in [0.3, 0.4) is 0 Å². The van der Waals surface area contributed by atoms with Crippen molar-refractivity contribution in [3.05, 3.63) is 72.5 Å². The van der Waals surface area contributed by atoms with Gasteiger partial charge in [0.05, 0.1) is 23.6 Å². The molecule has 0 saturated carbocycles. The number of aromatic nitrogens is 1. The number of piperidine rings is 1. The van der Waals surface area contributed by atoms with E-state index < -0.39 is 5.54 Å². The van der Waals surface area contributed by atoms with E-state index in [-0.39, 0.29) is 11.8 Å². The van der Waals surface area contributed by atoms with Crippen LogP contribution in [0.5, 0.6) is 0 Å². The van der Waals surface area contributed by atoms with Crippen molar-refractivity contribution in [2.24, 2.45) is 0 Å². The summed E-state index contributed by atoms with van der Waals surface area (Å²) in [6, 6.07) is 10.8. The van der Waals surface area contributed by atoms with E-state index in [0.717, 1.165) is 38.3 Å². The summed E-state index contributed by atoms with van der Waals surface area (Å²) in [5.74, 6) is 0.661. The highest BCUT2D eigenvalue weighted by Gasteiger charge is 2.49. The zero-order valence-corrected chi connectivity index (χ0v) is 18.8. The molecule has 2 fully saturated rings. The molecule has 33 heavy (non-hydrogen) atoms. The summed E-state index contributed by atoms with van der Waals surface area (Å²) >= 11 is 0. The van der Waals surface area contributed by atoms with E-state index in [9.17, 15) is 9.59 Å². The van der Waals surface area contributed by atoms with Crippen LogP contribution in [0.25, 0.3) is 0 Å². The molecule has 8 heteroatoms. The number of nitrogens with two attached hydrogens (primary N) is 1. The number of nitrogen functional groups attached to an aromatic ring is 1. The highest BCUT2D eigenvalue weighted by molar-refractivity contribution is 6.05. The standard InChI is InChI=1S/C25H30N6O2/c1-2-3-4-7-14-31-18-28-24(33)25(31)12-15-30(16-13-25)22-11-10-19(17-27-22)23(32)29-21-9-6-5-8-20(21)26/h2-11,17H,12-16,18,26H2,1H3,(H,28,33)(H,29,32)/b3-2-,7-4-. The smallest absolute Gasteiger partial charge is 0.257 e. The molecular formula is C25H30N6O2. The molecule has 4 rings (SSSR count). The van der Waals surface area contributed by atoms with Crippen molar-refractivity contribution >= 4 is 29.0 Å². The van der Waals surface area contributed by atoms with Gasteiger partial charge in [-0.2, -0.15) is 0 Å². The van der Waals surface area contributed by atoms with Crippen LogP contribution in [0.1, 0.15) is 30.1 Å². The molecule has 0 bridgehead atoms. The number of carbonyl (C=O) groups excluding carboxylic acids is 2. The number of para-hydroxylation sites is 2. The number of hydrogen-bond donors (Lipinski definition) is 3. The molecule has 0 radical (unpaired) electrons. The summed E-state index contributed by atoms with van der Waals surface area (Å²) in [5.41, 5.74) is 6.99. The molecule has 0 atom stereocenters. The lowest BCUT2D eigenvalue weighted by Gasteiger charge is -2.42.